The van der Waals surface area contributed by atoms with Gasteiger partial charge in [0.05, 0.1) is 37.1 Å². The van der Waals surface area contributed by atoms with E-state index in [-0.39, 0.29) is 11.6 Å². The Bertz CT molecular complexity index is 880. The van der Waals surface area contributed by atoms with Crippen LogP contribution in [-0.2, 0) is 11.3 Å². The topological polar surface area (TPSA) is 67.6 Å². The maximum atomic E-state index is 9.94. The van der Waals surface area contributed by atoms with E-state index in [1.165, 1.54) is 0 Å². The summed E-state index contributed by atoms with van der Waals surface area (Å²) in [6.45, 7) is 2.34. The highest BCUT2D eigenvalue weighted by Gasteiger charge is 2.47. The fourth-order valence-corrected chi connectivity index (χ4v) is 5.36. The molecular formula is C22H27N3O3S. The van der Waals surface area contributed by atoms with Crippen LogP contribution in [0.2, 0.25) is 0 Å². The van der Waals surface area contributed by atoms with Gasteiger partial charge in [-0.05, 0) is 44.2 Å². The van der Waals surface area contributed by atoms with Crippen LogP contribution < -0.4 is 9.47 Å². The van der Waals surface area contributed by atoms with Crippen molar-refractivity contribution in [3.05, 3.63) is 29.3 Å². The molecule has 0 unspecified atom stereocenters. The SMILES string of the molecule is COc1ccc(-c2nc(CN3CCC[C@@]4(CCCCO4)[C@@H]3C#N)cs2)c(OC)c1. The fraction of sp³-hybridized carbons (Fsp3) is 0.545. The van der Waals surface area contributed by atoms with Crippen LogP contribution >= 0.6 is 11.3 Å². The van der Waals surface area contributed by atoms with Crippen molar-refractivity contribution >= 4 is 11.3 Å². The number of nitrogens with zero attached hydrogens (tertiary/aromatic N) is 3. The Balaban J connectivity index is 1.54. The monoisotopic (exact) mass is 413 g/mol. The van der Waals surface area contributed by atoms with Gasteiger partial charge in [-0.2, -0.15) is 5.26 Å². The molecule has 154 valence electrons. The number of methoxy groups -OCH3 is 2. The molecule has 0 radical (unpaired) electrons. The third-order valence-electron chi connectivity index (χ3n) is 5.97. The van der Waals surface area contributed by atoms with Gasteiger partial charge in [0.15, 0.2) is 0 Å². The maximum Gasteiger partial charge on any atom is 0.132 e. The molecule has 2 atom stereocenters. The van der Waals surface area contributed by atoms with Crippen molar-refractivity contribution in [1.82, 2.24) is 9.88 Å². The Morgan fingerprint density at radius 1 is 1.28 bits per heavy atom. The van der Waals surface area contributed by atoms with Crippen LogP contribution in [0.4, 0.5) is 0 Å². The summed E-state index contributed by atoms with van der Waals surface area (Å²) in [4.78, 5) is 7.10. The predicted molar refractivity (Wildman–Crippen MR) is 112 cm³/mol. The second-order valence-electron chi connectivity index (χ2n) is 7.69. The van der Waals surface area contributed by atoms with Crippen molar-refractivity contribution in [3.8, 4) is 28.1 Å². The second-order valence-corrected chi connectivity index (χ2v) is 8.54. The second kappa shape index (κ2) is 8.70. The van der Waals surface area contributed by atoms with Crippen LogP contribution in [0.1, 0.15) is 37.8 Å². The summed E-state index contributed by atoms with van der Waals surface area (Å²) in [6.07, 6.45) is 5.25. The number of likely N-dealkylation sites (tertiary alicyclic amines) is 1. The number of thiazole rings is 1. The third-order valence-corrected chi connectivity index (χ3v) is 6.90. The Morgan fingerprint density at radius 2 is 2.14 bits per heavy atom. The third kappa shape index (κ3) is 3.97. The van der Waals surface area contributed by atoms with E-state index in [2.05, 4.69) is 16.3 Å². The number of ether oxygens (including phenoxy) is 3. The van der Waals surface area contributed by atoms with E-state index in [4.69, 9.17) is 19.2 Å². The molecule has 2 fully saturated rings. The highest BCUT2D eigenvalue weighted by Crippen LogP contribution is 2.39. The van der Waals surface area contributed by atoms with E-state index in [1.807, 2.05) is 18.2 Å². The van der Waals surface area contributed by atoms with Crippen LogP contribution in [-0.4, -0.2) is 48.9 Å². The quantitative estimate of drug-likeness (QED) is 0.730. The van der Waals surface area contributed by atoms with Crippen molar-refractivity contribution in [3.63, 3.8) is 0 Å². The van der Waals surface area contributed by atoms with Gasteiger partial charge in [0.2, 0.25) is 0 Å². The number of aromatic nitrogens is 1. The molecule has 3 heterocycles. The first kappa shape index (κ1) is 20.1. The first-order chi connectivity index (χ1) is 14.2. The lowest BCUT2D eigenvalue weighted by molar-refractivity contribution is -0.138. The molecule has 1 aromatic heterocycles. The molecule has 1 aromatic carbocycles. The number of rotatable bonds is 5. The number of benzene rings is 1. The van der Waals surface area contributed by atoms with Crippen LogP contribution in [0.5, 0.6) is 11.5 Å². The normalized spacial score (nSPS) is 24.9. The van der Waals surface area contributed by atoms with Gasteiger partial charge in [-0.3, -0.25) is 4.90 Å². The van der Waals surface area contributed by atoms with E-state index in [0.717, 1.165) is 73.0 Å². The molecule has 4 rings (SSSR count). The lowest BCUT2D eigenvalue weighted by Gasteiger charge is -2.48. The molecule has 2 aliphatic rings. The summed E-state index contributed by atoms with van der Waals surface area (Å²) < 4.78 is 17.0. The molecule has 0 bridgehead atoms. The first-order valence-electron chi connectivity index (χ1n) is 10.1. The van der Waals surface area contributed by atoms with E-state index in [9.17, 15) is 5.26 Å². The van der Waals surface area contributed by atoms with E-state index in [0.29, 0.717) is 6.54 Å². The van der Waals surface area contributed by atoms with E-state index < -0.39 is 0 Å². The zero-order chi connectivity index (χ0) is 20.3. The minimum absolute atomic E-state index is 0.211. The minimum Gasteiger partial charge on any atom is -0.497 e. The summed E-state index contributed by atoms with van der Waals surface area (Å²) in [5, 5.41) is 12.9. The molecular weight excluding hydrogens is 386 g/mol. The summed E-state index contributed by atoms with van der Waals surface area (Å²) in [5.74, 6) is 1.50. The predicted octanol–water partition coefficient (Wildman–Crippen LogP) is 4.25. The fourth-order valence-electron chi connectivity index (χ4n) is 4.52. The van der Waals surface area contributed by atoms with Gasteiger partial charge in [0, 0.05) is 31.1 Å². The van der Waals surface area contributed by atoms with E-state index >= 15 is 0 Å². The van der Waals surface area contributed by atoms with Crippen molar-refractivity contribution < 1.29 is 14.2 Å². The summed E-state index contributed by atoms with van der Waals surface area (Å²) in [5.41, 5.74) is 1.63. The average Bonchev–Trinajstić information content (AvgIpc) is 3.22. The highest BCUT2D eigenvalue weighted by atomic mass is 32.1. The van der Waals surface area contributed by atoms with Gasteiger partial charge < -0.3 is 14.2 Å². The molecule has 0 saturated carbocycles. The molecule has 2 saturated heterocycles. The molecule has 29 heavy (non-hydrogen) atoms. The molecule has 0 aliphatic carbocycles. The van der Waals surface area contributed by atoms with Crippen LogP contribution in [0.25, 0.3) is 10.6 Å². The van der Waals surface area contributed by atoms with Crippen LogP contribution in [0, 0.1) is 11.3 Å². The zero-order valence-corrected chi connectivity index (χ0v) is 17.8. The number of piperidine rings is 1. The lowest BCUT2D eigenvalue weighted by Crippen LogP contribution is -2.58. The van der Waals surface area contributed by atoms with Gasteiger partial charge >= 0.3 is 0 Å². The summed E-state index contributed by atoms with van der Waals surface area (Å²) in [6, 6.07) is 8.10. The van der Waals surface area contributed by atoms with Gasteiger partial charge in [-0.25, -0.2) is 4.98 Å². The van der Waals surface area contributed by atoms with Gasteiger partial charge in [-0.15, -0.1) is 11.3 Å². The van der Waals surface area contributed by atoms with Gasteiger partial charge in [-0.1, -0.05) is 0 Å². The Kier molecular flexibility index (Phi) is 6.04. The van der Waals surface area contributed by atoms with Gasteiger partial charge in [0.1, 0.15) is 22.5 Å². The average molecular weight is 414 g/mol. The smallest absolute Gasteiger partial charge is 0.132 e. The van der Waals surface area contributed by atoms with Crippen LogP contribution in [0.3, 0.4) is 0 Å². The number of nitriles is 1. The van der Waals surface area contributed by atoms with Crippen molar-refractivity contribution in [2.45, 2.75) is 50.3 Å². The zero-order valence-electron chi connectivity index (χ0n) is 17.0. The number of hydrogen-bond acceptors (Lipinski definition) is 7. The van der Waals surface area contributed by atoms with Crippen molar-refractivity contribution in [2.24, 2.45) is 0 Å². The first-order valence-corrected chi connectivity index (χ1v) is 11.0. The summed E-state index contributed by atoms with van der Waals surface area (Å²) >= 11 is 1.60. The molecule has 6 nitrogen and oxygen atoms in total. The van der Waals surface area contributed by atoms with Crippen molar-refractivity contribution in [2.75, 3.05) is 27.4 Å². The molecule has 0 N–H and O–H groups in total. The Hall–Kier alpha value is -2.14. The lowest BCUT2D eigenvalue weighted by atomic mass is 9.79. The minimum atomic E-state index is -0.302. The maximum absolute atomic E-state index is 9.94. The molecule has 1 spiro atoms. The van der Waals surface area contributed by atoms with Crippen LogP contribution in [0.15, 0.2) is 23.6 Å². The number of hydrogen-bond donors (Lipinski definition) is 0. The largest absolute Gasteiger partial charge is 0.497 e. The van der Waals surface area contributed by atoms with Gasteiger partial charge in [0.25, 0.3) is 0 Å². The molecule has 2 aromatic rings. The molecule has 0 amide bonds. The Morgan fingerprint density at radius 3 is 2.86 bits per heavy atom. The molecule has 2 aliphatic heterocycles. The highest BCUT2D eigenvalue weighted by molar-refractivity contribution is 7.13. The Labute approximate surface area is 176 Å². The summed E-state index contributed by atoms with van der Waals surface area (Å²) in [7, 11) is 3.30. The van der Waals surface area contributed by atoms with E-state index in [1.54, 1.807) is 25.6 Å². The molecule has 7 heteroatoms. The van der Waals surface area contributed by atoms with Crippen molar-refractivity contribution in [1.29, 1.82) is 5.26 Å². The standard InChI is InChI=1S/C22H27N3O3S/c1-26-17-6-7-18(19(12-17)27-2)21-24-16(15-29-21)14-25-10-5-9-22(20(25)13-23)8-3-4-11-28-22/h6-7,12,15,20H,3-5,8-11,14H2,1-2H3/t20-,22-/m0/s1.